The highest BCUT2D eigenvalue weighted by Gasteiger charge is 2.25. The fourth-order valence-electron chi connectivity index (χ4n) is 2.65. The predicted molar refractivity (Wildman–Crippen MR) is 89.5 cm³/mol. The molecule has 2 atom stereocenters. The number of imide groups is 1. The van der Waals surface area contributed by atoms with Crippen molar-refractivity contribution in [2.24, 2.45) is 0 Å². The lowest BCUT2D eigenvalue weighted by molar-refractivity contribution is -0.124. The molecule has 0 unspecified atom stereocenters. The van der Waals surface area contributed by atoms with Crippen molar-refractivity contribution in [3.63, 3.8) is 0 Å². The molecule has 0 saturated carbocycles. The first kappa shape index (κ1) is 17.4. The molecule has 0 spiro atoms. The molecule has 2 N–H and O–H groups in total. The fourth-order valence-corrected chi connectivity index (χ4v) is 2.65. The lowest BCUT2D eigenvalue weighted by atomic mass is 10.1. The average Bonchev–Trinajstić information content (AvgIpc) is 2.46. The van der Waals surface area contributed by atoms with Gasteiger partial charge in [-0.1, -0.05) is 17.7 Å². The summed E-state index contributed by atoms with van der Waals surface area (Å²) in [4.78, 5) is 26.0. The number of nitrogens with one attached hydrogen (secondary N) is 2. The maximum Gasteiger partial charge on any atom is 0.325 e. The van der Waals surface area contributed by atoms with Crippen molar-refractivity contribution in [3.05, 3.63) is 29.3 Å². The van der Waals surface area contributed by atoms with E-state index in [0.29, 0.717) is 18.8 Å². The van der Waals surface area contributed by atoms with E-state index in [4.69, 9.17) is 4.74 Å². The van der Waals surface area contributed by atoms with Crippen molar-refractivity contribution in [3.8, 4) is 0 Å². The van der Waals surface area contributed by atoms with Crippen LogP contribution in [0.1, 0.15) is 25.0 Å². The van der Waals surface area contributed by atoms with Gasteiger partial charge in [-0.3, -0.25) is 15.0 Å². The maximum absolute atomic E-state index is 12.0. The molecule has 23 heavy (non-hydrogen) atoms. The zero-order valence-corrected chi connectivity index (χ0v) is 14.2. The van der Waals surface area contributed by atoms with Crippen LogP contribution < -0.4 is 10.6 Å². The molecule has 0 aromatic heterocycles. The van der Waals surface area contributed by atoms with Crippen LogP contribution in [0.25, 0.3) is 0 Å². The minimum atomic E-state index is -0.504. The number of carbonyl (C=O) groups excluding carboxylic acids is 2. The van der Waals surface area contributed by atoms with E-state index in [2.05, 4.69) is 10.6 Å². The normalized spacial score (nSPS) is 21.7. The molecule has 1 aromatic carbocycles. The number of aryl methyl sites for hydroxylation is 2. The quantitative estimate of drug-likeness (QED) is 0.895. The molecule has 2 rings (SSSR count). The SMILES string of the molecule is Cc1ccc(NC(=O)NC(=O)CN2C[C@@H](C)OC[C@H]2C)c(C)c1. The first-order valence-electron chi connectivity index (χ1n) is 7.89. The summed E-state index contributed by atoms with van der Waals surface area (Å²) >= 11 is 0. The second-order valence-corrected chi connectivity index (χ2v) is 6.24. The standard InChI is InChI=1S/C17H25N3O3/c1-11-5-6-15(12(2)7-11)18-17(22)19-16(21)9-20-8-14(4)23-10-13(20)3/h5-7,13-14H,8-10H2,1-4H3,(H2,18,19,21,22)/t13-,14-/m1/s1. The molecule has 1 aliphatic rings. The van der Waals surface area contributed by atoms with Gasteiger partial charge in [0, 0.05) is 18.3 Å². The Morgan fingerprint density at radius 2 is 2.04 bits per heavy atom. The summed E-state index contributed by atoms with van der Waals surface area (Å²) in [5.74, 6) is -0.312. The van der Waals surface area contributed by atoms with E-state index < -0.39 is 6.03 Å². The lowest BCUT2D eigenvalue weighted by Gasteiger charge is -2.36. The third-order valence-corrected chi connectivity index (χ3v) is 3.97. The summed E-state index contributed by atoms with van der Waals surface area (Å²) in [6.45, 7) is 9.37. The summed E-state index contributed by atoms with van der Waals surface area (Å²) in [5, 5.41) is 5.09. The van der Waals surface area contributed by atoms with E-state index in [1.54, 1.807) is 0 Å². The second kappa shape index (κ2) is 7.57. The van der Waals surface area contributed by atoms with Gasteiger partial charge in [0.2, 0.25) is 5.91 Å². The average molecular weight is 319 g/mol. The fraction of sp³-hybridized carbons (Fsp3) is 0.529. The first-order valence-corrected chi connectivity index (χ1v) is 7.89. The number of benzene rings is 1. The molecule has 1 aromatic rings. The Hall–Kier alpha value is -1.92. The number of morpholine rings is 1. The maximum atomic E-state index is 12.0. The van der Waals surface area contributed by atoms with Gasteiger partial charge in [-0.15, -0.1) is 0 Å². The Morgan fingerprint density at radius 1 is 1.30 bits per heavy atom. The van der Waals surface area contributed by atoms with Crippen molar-refractivity contribution >= 4 is 17.6 Å². The zero-order valence-electron chi connectivity index (χ0n) is 14.2. The van der Waals surface area contributed by atoms with E-state index in [1.165, 1.54) is 0 Å². The molecule has 0 radical (unpaired) electrons. The van der Waals surface area contributed by atoms with Gasteiger partial charge in [0.1, 0.15) is 0 Å². The van der Waals surface area contributed by atoms with Crippen molar-refractivity contribution in [1.82, 2.24) is 10.2 Å². The van der Waals surface area contributed by atoms with E-state index in [9.17, 15) is 9.59 Å². The van der Waals surface area contributed by atoms with E-state index in [1.807, 2.05) is 50.8 Å². The van der Waals surface area contributed by atoms with Crippen LogP contribution in [-0.4, -0.2) is 48.7 Å². The van der Waals surface area contributed by atoms with E-state index in [-0.39, 0.29) is 24.6 Å². The number of rotatable bonds is 3. The van der Waals surface area contributed by atoms with Crippen molar-refractivity contribution in [2.45, 2.75) is 39.8 Å². The number of ether oxygens (including phenoxy) is 1. The van der Waals surface area contributed by atoms with Crippen molar-refractivity contribution in [2.75, 3.05) is 25.0 Å². The van der Waals surface area contributed by atoms with Crippen LogP contribution in [0.4, 0.5) is 10.5 Å². The number of hydrogen-bond acceptors (Lipinski definition) is 4. The van der Waals surface area contributed by atoms with Crippen LogP contribution in [0.3, 0.4) is 0 Å². The Bertz CT molecular complexity index is 588. The topological polar surface area (TPSA) is 70.7 Å². The van der Waals surface area contributed by atoms with Crippen molar-refractivity contribution in [1.29, 1.82) is 0 Å². The molecule has 6 nitrogen and oxygen atoms in total. The highest BCUT2D eigenvalue weighted by Crippen LogP contribution is 2.15. The highest BCUT2D eigenvalue weighted by molar-refractivity contribution is 6.02. The van der Waals surface area contributed by atoms with Gasteiger partial charge in [-0.05, 0) is 39.3 Å². The van der Waals surface area contributed by atoms with Gasteiger partial charge < -0.3 is 10.1 Å². The van der Waals surface area contributed by atoms with Gasteiger partial charge in [-0.25, -0.2) is 4.79 Å². The number of nitrogens with zero attached hydrogens (tertiary/aromatic N) is 1. The number of anilines is 1. The summed E-state index contributed by atoms with van der Waals surface area (Å²) in [6.07, 6.45) is 0.100. The first-order chi connectivity index (χ1) is 10.8. The number of carbonyl (C=O) groups is 2. The number of hydrogen-bond donors (Lipinski definition) is 2. The van der Waals surface area contributed by atoms with Crippen LogP contribution in [0.15, 0.2) is 18.2 Å². The Morgan fingerprint density at radius 3 is 2.74 bits per heavy atom. The summed E-state index contributed by atoms with van der Waals surface area (Å²) in [6, 6.07) is 5.39. The number of urea groups is 1. The molecule has 1 saturated heterocycles. The largest absolute Gasteiger partial charge is 0.376 e. The second-order valence-electron chi connectivity index (χ2n) is 6.24. The molecule has 0 aliphatic carbocycles. The van der Waals surface area contributed by atoms with E-state index >= 15 is 0 Å². The summed E-state index contributed by atoms with van der Waals surface area (Å²) in [5.41, 5.74) is 2.79. The molecule has 0 bridgehead atoms. The lowest BCUT2D eigenvalue weighted by Crippen LogP contribution is -2.51. The van der Waals surface area contributed by atoms with Crippen LogP contribution in [0, 0.1) is 13.8 Å². The number of amides is 3. The molecule has 1 fully saturated rings. The van der Waals surface area contributed by atoms with Crippen LogP contribution in [-0.2, 0) is 9.53 Å². The summed E-state index contributed by atoms with van der Waals surface area (Å²) in [7, 11) is 0. The van der Waals surface area contributed by atoms with Gasteiger partial charge in [-0.2, -0.15) is 0 Å². The summed E-state index contributed by atoms with van der Waals surface area (Å²) < 4.78 is 5.53. The van der Waals surface area contributed by atoms with Gasteiger partial charge in [0.05, 0.1) is 19.3 Å². The molecule has 1 heterocycles. The monoisotopic (exact) mass is 319 g/mol. The third kappa shape index (κ3) is 5.04. The third-order valence-electron chi connectivity index (χ3n) is 3.97. The molecule has 3 amide bonds. The van der Waals surface area contributed by atoms with Gasteiger partial charge in [0.15, 0.2) is 0 Å². The Labute approximate surface area is 137 Å². The molecular weight excluding hydrogens is 294 g/mol. The Kier molecular flexibility index (Phi) is 5.74. The Balaban J connectivity index is 1.86. The van der Waals surface area contributed by atoms with Gasteiger partial charge in [0.25, 0.3) is 0 Å². The van der Waals surface area contributed by atoms with Crippen LogP contribution >= 0.6 is 0 Å². The minimum absolute atomic E-state index is 0.100. The molecular formula is C17H25N3O3. The highest BCUT2D eigenvalue weighted by atomic mass is 16.5. The van der Waals surface area contributed by atoms with Crippen LogP contribution in [0.5, 0.6) is 0 Å². The minimum Gasteiger partial charge on any atom is -0.376 e. The molecule has 126 valence electrons. The zero-order chi connectivity index (χ0) is 17.0. The molecule has 6 heteroatoms. The van der Waals surface area contributed by atoms with Crippen molar-refractivity contribution < 1.29 is 14.3 Å². The molecule has 1 aliphatic heterocycles. The van der Waals surface area contributed by atoms with E-state index in [0.717, 1.165) is 11.1 Å². The van der Waals surface area contributed by atoms with Gasteiger partial charge >= 0.3 is 6.03 Å². The van der Waals surface area contributed by atoms with Crippen LogP contribution in [0.2, 0.25) is 0 Å². The smallest absolute Gasteiger partial charge is 0.325 e. The predicted octanol–water partition coefficient (Wildman–Crippen LogP) is 2.06.